The summed E-state index contributed by atoms with van der Waals surface area (Å²) in [6.07, 6.45) is 4.54. The molecular formula is C15H20ClNO3. The topological polar surface area (TPSA) is 48.3 Å². The Morgan fingerprint density at radius 3 is 2.95 bits per heavy atom. The highest BCUT2D eigenvalue weighted by atomic mass is 35.5. The molecule has 0 saturated heterocycles. The standard InChI is InChI=1S/C15H20ClNO3/c1-20-9-3-8-17-13-5-2-4-11(13)10-12(15(17)19)6-7-14(16)18/h10H,2-9H2,1H3. The lowest BCUT2D eigenvalue weighted by Crippen LogP contribution is -2.27. The summed E-state index contributed by atoms with van der Waals surface area (Å²) in [5.74, 6) is 0. The van der Waals surface area contributed by atoms with Crippen molar-refractivity contribution in [2.45, 2.75) is 45.1 Å². The molecule has 0 unspecified atom stereocenters. The van der Waals surface area contributed by atoms with Crippen LogP contribution in [0.2, 0.25) is 0 Å². The number of carbonyl (C=O) groups is 1. The normalized spacial score (nSPS) is 13.5. The number of nitrogens with zero attached hydrogens (tertiary/aromatic N) is 1. The molecule has 110 valence electrons. The van der Waals surface area contributed by atoms with Crippen LogP contribution in [0.25, 0.3) is 0 Å². The van der Waals surface area contributed by atoms with E-state index in [0.717, 1.165) is 31.4 Å². The Labute approximate surface area is 123 Å². The zero-order valence-electron chi connectivity index (χ0n) is 11.8. The molecule has 0 N–H and O–H groups in total. The van der Waals surface area contributed by atoms with Gasteiger partial charge in [-0.2, -0.15) is 0 Å². The lowest BCUT2D eigenvalue weighted by atomic mass is 10.1. The quantitative estimate of drug-likeness (QED) is 0.572. The van der Waals surface area contributed by atoms with E-state index < -0.39 is 5.24 Å². The molecule has 0 aromatic carbocycles. The predicted octanol–water partition coefficient (Wildman–Crippen LogP) is 2.07. The first-order valence-corrected chi connectivity index (χ1v) is 7.43. The molecule has 4 nitrogen and oxygen atoms in total. The number of halogens is 1. The van der Waals surface area contributed by atoms with Crippen LogP contribution >= 0.6 is 11.6 Å². The molecule has 0 spiro atoms. The smallest absolute Gasteiger partial charge is 0.253 e. The van der Waals surface area contributed by atoms with Crippen molar-refractivity contribution in [1.82, 2.24) is 4.57 Å². The number of aryl methyl sites for hydroxylation is 2. The third-order valence-electron chi connectivity index (χ3n) is 3.75. The zero-order valence-corrected chi connectivity index (χ0v) is 12.5. The first-order chi connectivity index (χ1) is 9.63. The molecular weight excluding hydrogens is 278 g/mol. The predicted molar refractivity (Wildman–Crippen MR) is 78.4 cm³/mol. The molecule has 5 heteroatoms. The van der Waals surface area contributed by atoms with Crippen molar-refractivity contribution in [1.29, 1.82) is 0 Å². The highest BCUT2D eigenvalue weighted by molar-refractivity contribution is 6.63. The number of hydrogen-bond acceptors (Lipinski definition) is 3. The second kappa shape index (κ2) is 7.04. The van der Waals surface area contributed by atoms with E-state index in [2.05, 4.69) is 0 Å². The number of carbonyl (C=O) groups excluding carboxylic acids is 1. The molecule has 0 amide bonds. The van der Waals surface area contributed by atoms with Gasteiger partial charge in [-0.3, -0.25) is 9.59 Å². The molecule has 1 aromatic heterocycles. The highest BCUT2D eigenvalue weighted by Gasteiger charge is 2.19. The average Bonchev–Trinajstić information content (AvgIpc) is 2.87. The molecule has 0 atom stereocenters. The van der Waals surface area contributed by atoms with E-state index in [4.69, 9.17) is 16.3 Å². The van der Waals surface area contributed by atoms with E-state index >= 15 is 0 Å². The second-order valence-corrected chi connectivity index (χ2v) is 5.57. The summed E-state index contributed by atoms with van der Waals surface area (Å²) in [6.45, 7) is 1.32. The largest absolute Gasteiger partial charge is 0.385 e. The number of ether oxygens (including phenoxy) is 1. The number of fused-ring (bicyclic) bond motifs is 1. The number of methoxy groups -OCH3 is 1. The van der Waals surface area contributed by atoms with Gasteiger partial charge in [-0.15, -0.1) is 0 Å². The van der Waals surface area contributed by atoms with E-state index in [9.17, 15) is 9.59 Å². The van der Waals surface area contributed by atoms with Crippen molar-refractivity contribution in [3.63, 3.8) is 0 Å². The van der Waals surface area contributed by atoms with Crippen LogP contribution in [0.4, 0.5) is 0 Å². The molecule has 0 radical (unpaired) electrons. The number of hydrogen-bond donors (Lipinski definition) is 0. The number of rotatable bonds is 7. The second-order valence-electron chi connectivity index (χ2n) is 5.15. The maximum Gasteiger partial charge on any atom is 0.253 e. The van der Waals surface area contributed by atoms with Crippen molar-refractivity contribution in [3.8, 4) is 0 Å². The van der Waals surface area contributed by atoms with E-state index in [1.54, 1.807) is 7.11 Å². The van der Waals surface area contributed by atoms with E-state index in [1.165, 1.54) is 5.56 Å². The fourth-order valence-corrected chi connectivity index (χ4v) is 2.89. The van der Waals surface area contributed by atoms with Crippen molar-refractivity contribution >= 4 is 16.8 Å². The Morgan fingerprint density at radius 2 is 2.25 bits per heavy atom. The molecule has 0 saturated carbocycles. The van der Waals surface area contributed by atoms with Crippen LogP contribution in [0.15, 0.2) is 10.9 Å². The highest BCUT2D eigenvalue weighted by Crippen LogP contribution is 2.22. The SMILES string of the molecule is COCCCn1c2c(cc(CCC(=O)Cl)c1=O)CCC2. The Bertz CT molecular complexity index is 551. The molecule has 20 heavy (non-hydrogen) atoms. The van der Waals surface area contributed by atoms with Crippen LogP contribution in [-0.4, -0.2) is 23.5 Å². The van der Waals surface area contributed by atoms with Crippen LogP contribution in [0, 0.1) is 0 Å². The van der Waals surface area contributed by atoms with Gasteiger partial charge < -0.3 is 9.30 Å². The average molecular weight is 298 g/mol. The maximum atomic E-state index is 12.5. The first-order valence-electron chi connectivity index (χ1n) is 7.05. The Hall–Kier alpha value is -1.13. The summed E-state index contributed by atoms with van der Waals surface area (Å²) in [5, 5.41) is -0.393. The van der Waals surface area contributed by atoms with Gasteiger partial charge in [-0.1, -0.05) is 0 Å². The van der Waals surface area contributed by atoms with E-state index in [1.807, 2.05) is 10.6 Å². The van der Waals surface area contributed by atoms with Crippen LogP contribution in [-0.2, 0) is 35.3 Å². The molecule has 1 heterocycles. The van der Waals surface area contributed by atoms with E-state index in [0.29, 0.717) is 25.1 Å². The van der Waals surface area contributed by atoms with Crippen molar-refractivity contribution < 1.29 is 9.53 Å². The minimum atomic E-state index is -0.393. The summed E-state index contributed by atoms with van der Waals surface area (Å²) >= 11 is 5.38. The lowest BCUT2D eigenvalue weighted by Gasteiger charge is -2.14. The first kappa shape index (κ1) is 15.3. The molecule has 0 bridgehead atoms. The molecule has 0 aliphatic heterocycles. The van der Waals surface area contributed by atoms with Crippen LogP contribution in [0.3, 0.4) is 0 Å². The summed E-state index contributed by atoms with van der Waals surface area (Å²) in [6, 6.07) is 1.97. The summed E-state index contributed by atoms with van der Waals surface area (Å²) in [4.78, 5) is 23.4. The fourth-order valence-electron chi connectivity index (χ4n) is 2.80. The molecule has 1 aliphatic rings. The number of pyridine rings is 1. The van der Waals surface area contributed by atoms with E-state index in [-0.39, 0.29) is 12.0 Å². The summed E-state index contributed by atoms with van der Waals surface area (Å²) in [7, 11) is 1.66. The fraction of sp³-hybridized carbons (Fsp3) is 0.600. The van der Waals surface area contributed by atoms with Gasteiger partial charge in [0.05, 0.1) is 0 Å². The zero-order chi connectivity index (χ0) is 14.5. The Kier molecular flexibility index (Phi) is 5.38. The van der Waals surface area contributed by atoms with Gasteiger partial charge in [0.15, 0.2) is 0 Å². The molecule has 2 rings (SSSR count). The van der Waals surface area contributed by atoms with Gasteiger partial charge in [-0.05, 0) is 55.3 Å². The summed E-state index contributed by atoms with van der Waals surface area (Å²) < 4.78 is 6.92. The van der Waals surface area contributed by atoms with Crippen molar-refractivity contribution in [2.24, 2.45) is 0 Å². The summed E-state index contributed by atoms with van der Waals surface area (Å²) in [5.41, 5.74) is 3.14. The molecule has 1 aliphatic carbocycles. The third-order valence-corrected chi connectivity index (χ3v) is 3.93. The van der Waals surface area contributed by atoms with Crippen molar-refractivity contribution in [2.75, 3.05) is 13.7 Å². The van der Waals surface area contributed by atoms with Gasteiger partial charge in [0.1, 0.15) is 0 Å². The molecule has 0 fully saturated rings. The third kappa shape index (κ3) is 3.49. The van der Waals surface area contributed by atoms with Gasteiger partial charge in [-0.25, -0.2) is 0 Å². The van der Waals surface area contributed by atoms with Crippen LogP contribution < -0.4 is 5.56 Å². The van der Waals surface area contributed by atoms with Gasteiger partial charge >= 0.3 is 0 Å². The van der Waals surface area contributed by atoms with Crippen LogP contribution in [0.1, 0.15) is 36.1 Å². The van der Waals surface area contributed by atoms with Gasteiger partial charge in [0.25, 0.3) is 5.56 Å². The number of aromatic nitrogens is 1. The minimum Gasteiger partial charge on any atom is -0.385 e. The monoisotopic (exact) mass is 297 g/mol. The minimum absolute atomic E-state index is 0.0275. The van der Waals surface area contributed by atoms with Gasteiger partial charge in [0.2, 0.25) is 5.24 Å². The van der Waals surface area contributed by atoms with Crippen LogP contribution in [0.5, 0.6) is 0 Å². The lowest BCUT2D eigenvalue weighted by molar-refractivity contribution is -0.111. The van der Waals surface area contributed by atoms with Crippen molar-refractivity contribution in [3.05, 3.63) is 33.2 Å². The molecule has 1 aromatic rings. The Morgan fingerprint density at radius 1 is 1.45 bits per heavy atom. The maximum absolute atomic E-state index is 12.5. The van der Waals surface area contributed by atoms with Gasteiger partial charge in [0, 0.05) is 37.9 Å². The Balaban J connectivity index is 2.28.